The van der Waals surface area contributed by atoms with Crippen LogP contribution in [-0.4, -0.2) is 37.1 Å². The Labute approximate surface area is 148 Å². The van der Waals surface area contributed by atoms with E-state index in [1.807, 2.05) is 0 Å². The maximum atomic E-state index is 14.4. The number of nitrogens with one attached hydrogen (secondary N) is 1. The van der Waals surface area contributed by atoms with Crippen molar-refractivity contribution in [2.45, 2.75) is 38.0 Å². The van der Waals surface area contributed by atoms with Gasteiger partial charge in [-0.05, 0) is 44.0 Å². The molecule has 136 valence electrons. The number of ether oxygens (including phenoxy) is 1. The summed E-state index contributed by atoms with van der Waals surface area (Å²) < 4.78 is 48.8. The van der Waals surface area contributed by atoms with Crippen LogP contribution in [-0.2, 0) is 14.9 Å². The van der Waals surface area contributed by atoms with Gasteiger partial charge in [-0.15, -0.1) is 0 Å². The molecule has 4 nitrogen and oxygen atoms in total. The molecule has 0 bridgehead atoms. The molecule has 1 aromatic rings. The lowest BCUT2D eigenvalue weighted by Crippen LogP contribution is -2.60. The SMILES string of the molecule is CC(C)OCC1(C(F)(F)F)c2cc(Cl)ccc2N=C2C(=O)NCCC21. The molecule has 0 spiro atoms. The molecule has 1 N–H and O–H groups in total. The number of rotatable bonds is 3. The summed E-state index contributed by atoms with van der Waals surface area (Å²) in [6.45, 7) is 2.93. The first kappa shape index (κ1) is 18.2. The normalized spacial score (nSPS) is 26.0. The van der Waals surface area contributed by atoms with E-state index in [0.717, 1.165) is 0 Å². The topological polar surface area (TPSA) is 50.7 Å². The highest BCUT2D eigenvalue weighted by atomic mass is 35.5. The van der Waals surface area contributed by atoms with Crippen molar-refractivity contribution >= 4 is 28.9 Å². The predicted molar refractivity (Wildman–Crippen MR) is 88.5 cm³/mol. The predicted octanol–water partition coefficient (Wildman–Crippen LogP) is 3.79. The minimum atomic E-state index is -4.63. The van der Waals surface area contributed by atoms with Gasteiger partial charge in [0.05, 0.1) is 18.4 Å². The molecule has 2 aliphatic rings. The molecule has 25 heavy (non-hydrogen) atoms. The minimum absolute atomic E-state index is 0.0309. The highest BCUT2D eigenvalue weighted by molar-refractivity contribution is 6.41. The first-order chi connectivity index (χ1) is 11.7. The number of amides is 1. The fourth-order valence-electron chi connectivity index (χ4n) is 3.51. The molecular formula is C17H18ClF3N2O2. The highest BCUT2D eigenvalue weighted by Gasteiger charge is 2.65. The Kier molecular flexibility index (Phi) is 4.58. The molecule has 0 aromatic heterocycles. The average molecular weight is 375 g/mol. The Morgan fingerprint density at radius 1 is 1.44 bits per heavy atom. The Morgan fingerprint density at radius 3 is 2.80 bits per heavy atom. The second-order valence-corrected chi connectivity index (χ2v) is 7.02. The van der Waals surface area contributed by atoms with E-state index in [1.165, 1.54) is 18.2 Å². The van der Waals surface area contributed by atoms with Crippen LogP contribution in [0.1, 0.15) is 25.8 Å². The van der Waals surface area contributed by atoms with Gasteiger partial charge < -0.3 is 10.1 Å². The van der Waals surface area contributed by atoms with E-state index in [4.69, 9.17) is 16.3 Å². The zero-order chi connectivity index (χ0) is 18.4. The van der Waals surface area contributed by atoms with Crippen molar-refractivity contribution in [1.82, 2.24) is 5.32 Å². The number of piperidine rings is 1. The molecule has 1 saturated heterocycles. The van der Waals surface area contributed by atoms with Gasteiger partial charge in [-0.2, -0.15) is 13.2 Å². The molecule has 3 rings (SSSR count). The van der Waals surface area contributed by atoms with Crippen molar-refractivity contribution in [1.29, 1.82) is 0 Å². The Bertz CT molecular complexity index is 733. The van der Waals surface area contributed by atoms with E-state index in [1.54, 1.807) is 13.8 Å². The monoisotopic (exact) mass is 374 g/mol. The van der Waals surface area contributed by atoms with E-state index >= 15 is 0 Å². The van der Waals surface area contributed by atoms with E-state index in [2.05, 4.69) is 10.3 Å². The number of benzene rings is 1. The third-order valence-electron chi connectivity index (χ3n) is 4.71. The van der Waals surface area contributed by atoms with Gasteiger partial charge in [0.25, 0.3) is 5.91 Å². The van der Waals surface area contributed by atoms with Gasteiger partial charge in [0.1, 0.15) is 11.1 Å². The zero-order valence-corrected chi connectivity index (χ0v) is 14.5. The highest BCUT2D eigenvalue weighted by Crippen LogP contribution is 2.54. The number of nitrogens with zero attached hydrogens (tertiary/aromatic N) is 1. The molecule has 8 heteroatoms. The number of fused-ring (bicyclic) bond motifs is 2. The summed E-state index contributed by atoms with van der Waals surface area (Å²) in [6, 6.07) is 4.18. The van der Waals surface area contributed by atoms with Gasteiger partial charge in [-0.25, -0.2) is 4.99 Å². The summed E-state index contributed by atoms with van der Waals surface area (Å²) in [6.07, 6.45) is -4.89. The Morgan fingerprint density at radius 2 is 2.16 bits per heavy atom. The van der Waals surface area contributed by atoms with E-state index in [9.17, 15) is 18.0 Å². The fourth-order valence-corrected chi connectivity index (χ4v) is 3.69. The molecule has 0 radical (unpaired) electrons. The van der Waals surface area contributed by atoms with Gasteiger partial charge in [-0.1, -0.05) is 11.6 Å². The molecular weight excluding hydrogens is 357 g/mol. The molecule has 1 fully saturated rings. The van der Waals surface area contributed by atoms with Gasteiger partial charge in [-0.3, -0.25) is 4.79 Å². The second-order valence-electron chi connectivity index (χ2n) is 6.58. The average Bonchev–Trinajstić information content (AvgIpc) is 2.51. The smallest absolute Gasteiger partial charge is 0.377 e. The van der Waals surface area contributed by atoms with E-state index < -0.39 is 30.0 Å². The summed E-state index contributed by atoms with van der Waals surface area (Å²) in [7, 11) is 0. The van der Waals surface area contributed by atoms with Crippen LogP contribution >= 0.6 is 11.6 Å². The Balaban J connectivity index is 2.27. The van der Waals surface area contributed by atoms with Crippen LogP contribution in [0.4, 0.5) is 18.9 Å². The van der Waals surface area contributed by atoms with Crippen molar-refractivity contribution < 1.29 is 22.7 Å². The first-order valence-electron chi connectivity index (χ1n) is 8.02. The van der Waals surface area contributed by atoms with Gasteiger partial charge in [0.2, 0.25) is 0 Å². The van der Waals surface area contributed by atoms with Crippen LogP contribution in [0.5, 0.6) is 0 Å². The Hall–Kier alpha value is -1.60. The molecule has 1 amide bonds. The standard InChI is InChI=1S/C17H18ClF3N2O2/c1-9(2)25-8-16(17(19,20)21)11-5-6-22-15(24)14(11)23-13-4-3-10(18)7-12(13)16/h3-4,7,9,11H,5-6,8H2,1-2H3,(H,22,24). The van der Waals surface area contributed by atoms with Crippen molar-refractivity contribution in [3.05, 3.63) is 28.8 Å². The minimum Gasteiger partial charge on any atom is -0.377 e. The zero-order valence-electron chi connectivity index (χ0n) is 13.8. The maximum absolute atomic E-state index is 14.4. The lowest BCUT2D eigenvalue weighted by Gasteiger charge is -2.46. The quantitative estimate of drug-likeness (QED) is 0.875. The summed E-state index contributed by atoms with van der Waals surface area (Å²) in [4.78, 5) is 16.4. The number of halogens is 4. The van der Waals surface area contributed by atoms with Crippen LogP contribution < -0.4 is 5.32 Å². The van der Waals surface area contributed by atoms with Crippen LogP contribution in [0.2, 0.25) is 5.02 Å². The molecule has 2 aliphatic heterocycles. The molecule has 2 atom stereocenters. The lowest BCUT2D eigenvalue weighted by molar-refractivity contribution is -0.219. The van der Waals surface area contributed by atoms with Crippen molar-refractivity contribution in [3.63, 3.8) is 0 Å². The third-order valence-corrected chi connectivity index (χ3v) is 4.94. The summed E-state index contributed by atoms with van der Waals surface area (Å²) in [5.74, 6) is -1.67. The number of carbonyl (C=O) groups excluding carboxylic acids is 1. The number of carbonyl (C=O) groups is 1. The van der Waals surface area contributed by atoms with Crippen LogP contribution in [0.25, 0.3) is 0 Å². The largest absolute Gasteiger partial charge is 0.401 e. The van der Waals surface area contributed by atoms with Gasteiger partial charge in [0.15, 0.2) is 0 Å². The third kappa shape index (κ3) is 2.93. The van der Waals surface area contributed by atoms with Gasteiger partial charge >= 0.3 is 6.18 Å². The number of hydrogen-bond acceptors (Lipinski definition) is 3. The van der Waals surface area contributed by atoms with Gasteiger partial charge in [0, 0.05) is 17.5 Å². The van der Waals surface area contributed by atoms with Crippen molar-refractivity contribution in [2.75, 3.05) is 13.2 Å². The fraction of sp³-hybridized carbons (Fsp3) is 0.529. The first-order valence-corrected chi connectivity index (χ1v) is 8.40. The van der Waals surface area contributed by atoms with Crippen molar-refractivity contribution in [2.24, 2.45) is 10.9 Å². The molecule has 0 saturated carbocycles. The maximum Gasteiger partial charge on any atom is 0.401 e. The number of hydrogen-bond donors (Lipinski definition) is 1. The summed E-state index contributed by atoms with van der Waals surface area (Å²) in [5, 5.41) is 2.76. The lowest BCUT2D eigenvalue weighted by atomic mass is 9.63. The molecule has 2 unspecified atom stereocenters. The molecule has 0 aliphatic carbocycles. The van der Waals surface area contributed by atoms with E-state index in [0.29, 0.717) is 0 Å². The van der Waals surface area contributed by atoms with Crippen LogP contribution in [0, 0.1) is 5.92 Å². The number of aliphatic imine (C=N–C) groups is 1. The van der Waals surface area contributed by atoms with Crippen LogP contribution in [0.3, 0.4) is 0 Å². The second kappa shape index (κ2) is 6.29. The summed E-state index contributed by atoms with van der Waals surface area (Å²) in [5.41, 5.74) is -2.37. The van der Waals surface area contributed by atoms with E-state index in [-0.39, 0.29) is 41.1 Å². The molecule has 1 aromatic carbocycles. The summed E-state index contributed by atoms with van der Waals surface area (Å²) >= 11 is 5.98. The van der Waals surface area contributed by atoms with Crippen molar-refractivity contribution in [3.8, 4) is 0 Å². The number of alkyl halides is 3. The molecule has 2 heterocycles. The van der Waals surface area contributed by atoms with Crippen LogP contribution in [0.15, 0.2) is 23.2 Å².